The summed E-state index contributed by atoms with van der Waals surface area (Å²) in [7, 11) is 0. The minimum Gasteiger partial charge on any atom is -0.484 e. The van der Waals surface area contributed by atoms with Crippen LogP contribution >= 0.6 is 11.6 Å². The minimum atomic E-state index is -0.246. The second-order valence-electron chi connectivity index (χ2n) is 5.31. The summed E-state index contributed by atoms with van der Waals surface area (Å²) in [6.07, 6.45) is 1.68. The number of ether oxygens (including phenoxy) is 1. The van der Waals surface area contributed by atoms with Gasteiger partial charge in [0.05, 0.1) is 0 Å². The number of amides is 1. The Morgan fingerprint density at radius 1 is 1.24 bits per heavy atom. The van der Waals surface area contributed by atoms with Gasteiger partial charge in [-0.3, -0.25) is 4.79 Å². The number of nitrogens with zero attached hydrogens (tertiary/aromatic N) is 3. The Hall–Kier alpha value is -2.86. The summed E-state index contributed by atoms with van der Waals surface area (Å²) < 4.78 is 7.37. The van der Waals surface area contributed by atoms with Crippen LogP contribution < -0.4 is 10.1 Å². The van der Waals surface area contributed by atoms with Crippen LogP contribution in [0.2, 0.25) is 5.02 Å². The van der Waals surface area contributed by atoms with Crippen LogP contribution in [0.3, 0.4) is 0 Å². The predicted octanol–water partition coefficient (Wildman–Crippen LogP) is 3.64. The number of hydrogen-bond acceptors (Lipinski definition) is 4. The van der Waals surface area contributed by atoms with Crippen molar-refractivity contribution < 1.29 is 9.53 Å². The van der Waals surface area contributed by atoms with E-state index in [1.54, 1.807) is 30.6 Å². The lowest BCUT2D eigenvalue weighted by molar-refractivity contribution is -0.118. The van der Waals surface area contributed by atoms with E-state index in [4.69, 9.17) is 16.3 Å². The lowest BCUT2D eigenvalue weighted by atomic mass is 10.2. The molecular formula is C18H17ClN4O2. The standard InChI is InChI=1S/C18H17ClN4O2/c1-2-23-12-20-22-18(23)13-4-3-5-15(10-13)21-17(24)11-25-16-8-6-14(19)7-9-16/h3-10,12H,2,11H2,1H3,(H,21,24). The van der Waals surface area contributed by atoms with Gasteiger partial charge in [0.15, 0.2) is 12.4 Å². The number of aromatic nitrogens is 3. The van der Waals surface area contributed by atoms with E-state index in [9.17, 15) is 4.79 Å². The smallest absolute Gasteiger partial charge is 0.262 e. The highest BCUT2D eigenvalue weighted by Crippen LogP contribution is 2.21. The maximum absolute atomic E-state index is 12.1. The van der Waals surface area contributed by atoms with Crippen LogP contribution in [0.25, 0.3) is 11.4 Å². The number of anilines is 1. The molecule has 0 radical (unpaired) electrons. The molecule has 0 aliphatic carbocycles. The molecule has 0 aliphatic heterocycles. The van der Waals surface area contributed by atoms with Crippen molar-refractivity contribution >= 4 is 23.2 Å². The number of hydrogen-bond donors (Lipinski definition) is 1. The van der Waals surface area contributed by atoms with Gasteiger partial charge in [-0.1, -0.05) is 23.7 Å². The molecule has 6 nitrogen and oxygen atoms in total. The molecule has 0 spiro atoms. The van der Waals surface area contributed by atoms with Crippen molar-refractivity contribution in [2.45, 2.75) is 13.5 Å². The highest BCUT2D eigenvalue weighted by molar-refractivity contribution is 6.30. The summed E-state index contributed by atoms with van der Waals surface area (Å²) in [4.78, 5) is 12.1. The molecule has 2 aromatic carbocycles. The van der Waals surface area contributed by atoms with Crippen LogP contribution in [0, 0.1) is 0 Å². The highest BCUT2D eigenvalue weighted by Gasteiger charge is 2.09. The van der Waals surface area contributed by atoms with Gasteiger partial charge in [0.1, 0.15) is 12.1 Å². The van der Waals surface area contributed by atoms with Crippen molar-refractivity contribution in [1.29, 1.82) is 0 Å². The minimum absolute atomic E-state index is 0.0863. The molecule has 0 saturated carbocycles. The number of rotatable bonds is 6. The molecule has 0 saturated heterocycles. The zero-order valence-corrected chi connectivity index (χ0v) is 14.4. The third-order valence-corrected chi connectivity index (χ3v) is 3.80. The molecule has 0 atom stereocenters. The average molecular weight is 357 g/mol. The van der Waals surface area contributed by atoms with E-state index in [0.29, 0.717) is 16.5 Å². The third-order valence-electron chi connectivity index (χ3n) is 3.54. The molecule has 25 heavy (non-hydrogen) atoms. The van der Waals surface area contributed by atoms with E-state index in [1.807, 2.05) is 35.8 Å². The number of benzene rings is 2. The molecular weight excluding hydrogens is 340 g/mol. The second kappa shape index (κ2) is 7.81. The molecule has 3 aromatic rings. The van der Waals surface area contributed by atoms with Crippen molar-refractivity contribution in [3.8, 4) is 17.1 Å². The van der Waals surface area contributed by atoms with E-state index >= 15 is 0 Å². The fraction of sp³-hybridized carbons (Fsp3) is 0.167. The molecule has 0 aliphatic rings. The highest BCUT2D eigenvalue weighted by atomic mass is 35.5. The van der Waals surface area contributed by atoms with Crippen LogP contribution in [0.1, 0.15) is 6.92 Å². The van der Waals surface area contributed by atoms with Crippen molar-refractivity contribution in [2.75, 3.05) is 11.9 Å². The summed E-state index contributed by atoms with van der Waals surface area (Å²) in [6, 6.07) is 14.3. The summed E-state index contributed by atoms with van der Waals surface area (Å²) in [5, 5.41) is 11.5. The Kier molecular flexibility index (Phi) is 5.30. The van der Waals surface area contributed by atoms with Crippen molar-refractivity contribution in [1.82, 2.24) is 14.8 Å². The largest absolute Gasteiger partial charge is 0.484 e. The monoisotopic (exact) mass is 356 g/mol. The van der Waals surface area contributed by atoms with Crippen LogP contribution in [0.4, 0.5) is 5.69 Å². The van der Waals surface area contributed by atoms with E-state index in [0.717, 1.165) is 17.9 Å². The lowest BCUT2D eigenvalue weighted by Crippen LogP contribution is -2.20. The molecule has 1 amide bonds. The van der Waals surface area contributed by atoms with Gasteiger partial charge in [-0.05, 0) is 43.3 Å². The van der Waals surface area contributed by atoms with Crippen LogP contribution in [0.15, 0.2) is 54.9 Å². The predicted molar refractivity (Wildman–Crippen MR) is 96.7 cm³/mol. The molecule has 3 rings (SSSR count). The van der Waals surface area contributed by atoms with Crippen LogP contribution in [-0.4, -0.2) is 27.3 Å². The Morgan fingerprint density at radius 3 is 2.80 bits per heavy atom. The molecule has 128 valence electrons. The number of carbonyl (C=O) groups is 1. The molecule has 1 heterocycles. The SMILES string of the molecule is CCn1cnnc1-c1cccc(NC(=O)COc2ccc(Cl)cc2)c1. The molecule has 0 fully saturated rings. The van der Waals surface area contributed by atoms with Crippen molar-refractivity contribution in [3.63, 3.8) is 0 Å². The Morgan fingerprint density at radius 2 is 2.04 bits per heavy atom. The number of carbonyl (C=O) groups excluding carboxylic acids is 1. The number of halogens is 1. The Labute approximate surface area is 150 Å². The average Bonchev–Trinajstić information content (AvgIpc) is 3.10. The topological polar surface area (TPSA) is 69.0 Å². The van der Waals surface area contributed by atoms with Crippen LogP contribution in [0.5, 0.6) is 5.75 Å². The second-order valence-corrected chi connectivity index (χ2v) is 5.75. The Balaban J connectivity index is 1.63. The normalized spacial score (nSPS) is 10.5. The van der Waals surface area contributed by atoms with Gasteiger partial charge in [-0.2, -0.15) is 0 Å². The number of nitrogens with one attached hydrogen (secondary N) is 1. The van der Waals surface area contributed by atoms with Gasteiger partial charge < -0.3 is 14.6 Å². The molecule has 1 aromatic heterocycles. The fourth-order valence-electron chi connectivity index (χ4n) is 2.32. The number of aryl methyl sites for hydroxylation is 1. The Bertz CT molecular complexity index is 862. The van der Waals surface area contributed by atoms with Gasteiger partial charge in [0.25, 0.3) is 5.91 Å². The van der Waals surface area contributed by atoms with Crippen molar-refractivity contribution in [3.05, 3.63) is 59.9 Å². The van der Waals surface area contributed by atoms with Gasteiger partial charge in [-0.25, -0.2) is 0 Å². The maximum Gasteiger partial charge on any atom is 0.262 e. The molecule has 1 N–H and O–H groups in total. The molecule has 0 bridgehead atoms. The lowest BCUT2D eigenvalue weighted by Gasteiger charge is -2.09. The fourth-order valence-corrected chi connectivity index (χ4v) is 2.45. The molecule has 0 unspecified atom stereocenters. The first-order valence-electron chi connectivity index (χ1n) is 7.82. The van der Waals surface area contributed by atoms with Gasteiger partial charge in [0, 0.05) is 22.8 Å². The van der Waals surface area contributed by atoms with Crippen LogP contribution in [-0.2, 0) is 11.3 Å². The van der Waals surface area contributed by atoms with Gasteiger partial charge >= 0.3 is 0 Å². The quantitative estimate of drug-likeness (QED) is 0.732. The van der Waals surface area contributed by atoms with Crippen molar-refractivity contribution in [2.24, 2.45) is 0 Å². The first-order chi connectivity index (χ1) is 12.2. The van der Waals surface area contributed by atoms with Gasteiger partial charge in [0.2, 0.25) is 0 Å². The van der Waals surface area contributed by atoms with E-state index in [2.05, 4.69) is 15.5 Å². The summed E-state index contributed by atoms with van der Waals surface area (Å²) in [6.45, 7) is 2.71. The zero-order chi connectivity index (χ0) is 17.6. The maximum atomic E-state index is 12.1. The first-order valence-corrected chi connectivity index (χ1v) is 8.20. The van der Waals surface area contributed by atoms with E-state index in [1.165, 1.54) is 0 Å². The third kappa shape index (κ3) is 4.36. The van der Waals surface area contributed by atoms with E-state index in [-0.39, 0.29) is 12.5 Å². The summed E-state index contributed by atoms with van der Waals surface area (Å²) in [5.41, 5.74) is 1.56. The first kappa shape index (κ1) is 17.0. The summed E-state index contributed by atoms with van der Waals surface area (Å²) >= 11 is 5.81. The summed E-state index contributed by atoms with van der Waals surface area (Å²) in [5.74, 6) is 1.10. The van der Waals surface area contributed by atoms with E-state index < -0.39 is 0 Å². The molecule has 7 heteroatoms. The van der Waals surface area contributed by atoms with Gasteiger partial charge in [-0.15, -0.1) is 10.2 Å². The zero-order valence-electron chi connectivity index (χ0n) is 13.6.